The summed E-state index contributed by atoms with van der Waals surface area (Å²) >= 11 is 6.11. The van der Waals surface area contributed by atoms with Crippen LogP contribution in [0.2, 0.25) is 5.02 Å². The highest BCUT2D eigenvalue weighted by molar-refractivity contribution is 14.0. The zero-order valence-corrected chi connectivity index (χ0v) is 17.6. The molecule has 1 aromatic carbocycles. The summed E-state index contributed by atoms with van der Waals surface area (Å²) in [4.78, 5) is 7.92. The van der Waals surface area contributed by atoms with E-state index in [0.29, 0.717) is 0 Å². The molecule has 1 aliphatic heterocycles. The molecule has 2 aromatic rings. The summed E-state index contributed by atoms with van der Waals surface area (Å²) in [6.07, 6.45) is 5.49. The second kappa shape index (κ2) is 10.2. The van der Waals surface area contributed by atoms with Crippen molar-refractivity contribution in [2.24, 2.45) is 4.99 Å². The molecule has 3 N–H and O–H groups in total. The number of hydrogen-bond donors (Lipinski definition) is 3. The molecule has 0 radical (unpaired) electrons. The molecule has 25 heavy (non-hydrogen) atoms. The van der Waals surface area contributed by atoms with Gasteiger partial charge in [0.2, 0.25) is 0 Å². The molecule has 1 saturated heterocycles. The Morgan fingerprint density at radius 1 is 1.40 bits per heavy atom. The van der Waals surface area contributed by atoms with E-state index in [2.05, 4.69) is 33.7 Å². The topological polar surface area (TPSA) is 61.4 Å². The molecular formula is C18H26ClIN4O. The van der Waals surface area contributed by atoms with Crippen LogP contribution in [0.1, 0.15) is 25.3 Å². The molecule has 1 atom stereocenters. The van der Waals surface area contributed by atoms with Gasteiger partial charge in [0.05, 0.1) is 12.6 Å². The fourth-order valence-corrected chi connectivity index (χ4v) is 3.17. The molecule has 0 bridgehead atoms. The van der Waals surface area contributed by atoms with E-state index in [-0.39, 0.29) is 30.1 Å². The number of nitrogens with one attached hydrogen (secondary N) is 3. The SMILES string of the molecule is CCNC(=NCC1CCCO1)NCCc1c[nH]c2ccc(Cl)cc12.I. The quantitative estimate of drug-likeness (QED) is 0.338. The largest absolute Gasteiger partial charge is 0.376 e. The van der Waals surface area contributed by atoms with E-state index in [4.69, 9.17) is 16.3 Å². The second-order valence-electron chi connectivity index (χ2n) is 6.04. The van der Waals surface area contributed by atoms with E-state index in [1.54, 1.807) is 0 Å². The third-order valence-corrected chi connectivity index (χ3v) is 4.47. The summed E-state index contributed by atoms with van der Waals surface area (Å²) in [6, 6.07) is 5.94. The maximum atomic E-state index is 6.11. The molecule has 1 unspecified atom stereocenters. The summed E-state index contributed by atoms with van der Waals surface area (Å²) in [5, 5.41) is 8.64. The van der Waals surface area contributed by atoms with Gasteiger partial charge in [-0.1, -0.05) is 11.6 Å². The van der Waals surface area contributed by atoms with Gasteiger partial charge in [-0.25, -0.2) is 0 Å². The molecule has 5 nitrogen and oxygen atoms in total. The maximum absolute atomic E-state index is 6.11. The van der Waals surface area contributed by atoms with Crippen LogP contribution in [0.5, 0.6) is 0 Å². The number of aromatic amines is 1. The Labute approximate surface area is 171 Å². The van der Waals surface area contributed by atoms with Gasteiger partial charge in [-0.05, 0) is 49.9 Å². The molecule has 0 amide bonds. The number of guanidine groups is 1. The number of nitrogens with zero attached hydrogens (tertiary/aromatic N) is 1. The number of H-pyrrole nitrogens is 1. The van der Waals surface area contributed by atoms with Crippen LogP contribution in [-0.4, -0.2) is 43.3 Å². The Balaban J connectivity index is 0.00000225. The average molecular weight is 477 g/mol. The number of aliphatic imine (C=N–C) groups is 1. The third kappa shape index (κ3) is 5.76. The summed E-state index contributed by atoms with van der Waals surface area (Å²) in [7, 11) is 0. The van der Waals surface area contributed by atoms with Crippen LogP contribution < -0.4 is 10.6 Å². The minimum Gasteiger partial charge on any atom is -0.376 e. The first-order valence-electron chi connectivity index (χ1n) is 8.65. The van der Waals surface area contributed by atoms with Gasteiger partial charge in [-0.15, -0.1) is 24.0 Å². The number of hydrogen-bond acceptors (Lipinski definition) is 2. The molecule has 2 heterocycles. The van der Waals surface area contributed by atoms with E-state index in [1.807, 2.05) is 18.2 Å². The highest BCUT2D eigenvalue weighted by Gasteiger charge is 2.14. The first-order valence-corrected chi connectivity index (χ1v) is 9.03. The van der Waals surface area contributed by atoms with Gasteiger partial charge < -0.3 is 20.4 Å². The average Bonchev–Trinajstić information content (AvgIpc) is 3.22. The molecule has 0 spiro atoms. The highest BCUT2D eigenvalue weighted by Crippen LogP contribution is 2.22. The molecule has 1 fully saturated rings. The first kappa shape index (κ1) is 20.3. The minimum atomic E-state index is 0. The van der Waals surface area contributed by atoms with Crippen molar-refractivity contribution in [3.8, 4) is 0 Å². The van der Waals surface area contributed by atoms with E-state index in [9.17, 15) is 0 Å². The third-order valence-electron chi connectivity index (χ3n) is 4.24. The van der Waals surface area contributed by atoms with Crippen LogP contribution in [0, 0.1) is 0 Å². The van der Waals surface area contributed by atoms with E-state index >= 15 is 0 Å². The minimum absolute atomic E-state index is 0. The number of fused-ring (bicyclic) bond motifs is 1. The van der Waals surface area contributed by atoms with Gasteiger partial charge >= 0.3 is 0 Å². The fraction of sp³-hybridized carbons (Fsp3) is 0.500. The smallest absolute Gasteiger partial charge is 0.191 e. The Morgan fingerprint density at radius 3 is 3.04 bits per heavy atom. The van der Waals surface area contributed by atoms with Gasteiger partial charge in [0.25, 0.3) is 0 Å². The summed E-state index contributed by atoms with van der Waals surface area (Å²) < 4.78 is 5.62. The predicted molar refractivity (Wildman–Crippen MR) is 115 cm³/mol. The van der Waals surface area contributed by atoms with E-state index in [0.717, 1.165) is 62.0 Å². The van der Waals surface area contributed by atoms with Crippen molar-refractivity contribution in [1.29, 1.82) is 0 Å². The van der Waals surface area contributed by atoms with Gasteiger partial charge in [0, 0.05) is 41.8 Å². The molecule has 1 aromatic heterocycles. The molecule has 0 saturated carbocycles. The zero-order chi connectivity index (χ0) is 16.8. The van der Waals surface area contributed by atoms with Gasteiger partial charge in [-0.2, -0.15) is 0 Å². The second-order valence-corrected chi connectivity index (χ2v) is 6.47. The Bertz CT molecular complexity index is 697. The van der Waals surface area contributed by atoms with Crippen molar-refractivity contribution < 1.29 is 4.74 Å². The standard InChI is InChI=1S/C18H25ClN4O.HI/c1-2-20-18(23-12-15-4-3-9-24-15)21-8-7-13-11-22-17-6-5-14(19)10-16(13)17;/h5-6,10-11,15,22H,2-4,7-9,12H2,1H3,(H2,20,21,23);1H. The van der Waals surface area contributed by atoms with Crippen LogP contribution in [0.3, 0.4) is 0 Å². The van der Waals surface area contributed by atoms with Gasteiger partial charge in [-0.3, -0.25) is 4.99 Å². The van der Waals surface area contributed by atoms with Crippen molar-refractivity contribution in [3.63, 3.8) is 0 Å². The van der Waals surface area contributed by atoms with Crippen molar-refractivity contribution in [1.82, 2.24) is 15.6 Å². The molecule has 3 rings (SSSR count). The van der Waals surface area contributed by atoms with Crippen LogP contribution in [0.15, 0.2) is 29.4 Å². The molecule has 1 aliphatic rings. The van der Waals surface area contributed by atoms with Crippen LogP contribution in [0.4, 0.5) is 0 Å². The van der Waals surface area contributed by atoms with Gasteiger partial charge in [0.1, 0.15) is 0 Å². The lowest BCUT2D eigenvalue weighted by Crippen LogP contribution is -2.38. The summed E-state index contributed by atoms with van der Waals surface area (Å²) in [6.45, 7) is 5.33. The summed E-state index contributed by atoms with van der Waals surface area (Å²) in [5.41, 5.74) is 2.38. The van der Waals surface area contributed by atoms with Crippen molar-refractivity contribution in [2.45, 2.75) is 32.3 Å². The fourth-order valence-electron chi connectivity index (χ4n) is 3.00. The normalized spacial score (nSPS) is 17.5. The van der Waals surface area contributed by atoms with Crippen LogP contribution in [-0.2, 0) is 11.2 Å². The maximum Gasteiger partial charge on any atom is 0.191 e. The lowest BCUT2D eigenvalue weighted by atomic mass is 10.1. The number of halogens is 2. The first-order chi connectivity index (χ1) is 11.8. The molecular weight excluding hydrogens is 451 g/mol. The summed E-state index contributed by atoms with van der Waals surface area (Å²) in [5.74, 6) is 0.853. The number of aromatic nitrogens is 1. The monoisotopic (exact) mass is 476 g/mol. The van der Waals surface area contributed by atoms with Crippen molar-refractivity contribution in [2.75, 3.05) is 26.2 Å². The highest BCUT2D eigenvalue weighted by atomic mass is 127. The lowest BCUT2D eigenvalue weighted by Gasteiger charge is -2.12. The Morgan fingerprint density at radius 2 is 2.28 bits per heavy atom. The zero-order valence-electron chi connectivity index (χ0n) is 14.5. The number of benzene rings is 1. The van der Waals surface area contributed by atoms with Crippen LogP contribution in [0.25, 0.3) is 10.9 Å². The predicted octanol–water partition coefficient (Wildman–Crippen LogP) is 3.72. The molecule has 7 heteroatoms. The van der Waals surface area contributed by atoms with Crippen molar-refractivity contribution >= 4 is 52.4 Å². The van der Waals surface area contributed by atoms with Crippen LogP contribution >= 0.6 is 35.6 Å². The molecule has 0 aliphatic carbocycles. The van der Waals surface area contributed by atoms with Gasteiger partial charge in [0.15, 0.2) is 5.96 Å². The Kier molecular flexibility index (Phi) is 8.32. The van der Waals surface area contributed by atoms with E-state index in [1.165, 1.54) is 10.9 Å². The molecule has 138 valence electrons. The number of ether oxygens (including phenoxy) is 1. The van der Waals surface area contributed by atoms with Crippen molar-refractivity contribution in [3.05, 3.63) is 35.0 Å². The lowest BCUT2D eigenvalue weighted by molar-refractivity contribution is 0.117. The van der Waals surface area contributed by atoms with E-state index < -0.39 is 0 Å². The Hall–Kier alpha value is -0.990. The number of rotatable bonds is 6.